The van der Waals surface area contributed by atoms with Gasteiger partial charge in [-0.3, -0.25) is 15.0 Å². The number of carboxylic acids is 1. The van der Waals surface area contributed by atoms with Gasteiger partial charge in [0.15, 0.2) is 6.04 Å². The van der Waals surface area contributed by atoms with Gasteiger partial charge >= 0.3 is 5.97 Å². The van der Waals surface area contributed by atoms with Crippen molar-refractivity contribution in [1.82, 2.24) is 20.4 Å². The van der Waals surface area contributed by atoms with Crippen LogP contribution in [0.15, 0.2) is 48.5 Å². The molecule has 0 saturated carbocycles. The summed E-state index contributed by atoms with van der Waals surface area (Å²) in [7, 11) is 0. The number of rotatable bonds is 10. The van der Waals surface area contributed by atoms with Crippen molar-refractivity contribution >= 4 is 35.2 Å². The molecule has 208 valence electrons. The molecule has 0 aliphatic carbocycles. The Kier molecular flexibility index (Phi) is 8.73. The van der Waals surface area contributed by atoms with Gasteiger partial charge in [-0.25, -0.2) is 4.79 Å². The first kappa shape index (κ1) is 28.3. The minimum absolute atomic E-state index is 0.00784. The molecule has 0 bridgehead atoms. The molecule has 0 spiro atoms. The average Bonchev–Trinajstić information content (AvgIpc) is 2.92. The number of carbonyl (C=O) groups excluding carboxylic acids is 2. The number of hydrogen-bond donors (Lipinski definition) is 5. The standard InChI is InChI=1S/C27H33ClN6O5/c1-2-21(39-20-8-6-17(7-9-20)25(29)30)27(18-4-3-5-19(28)14-18,34-13-11-32-16-23(34)36)24(26(37)38)33-12-10-31-15-22(33)35/h3-9,14,21,24,31-32H,2,10-13,15-16H2,1H3,(H3,29,30)(H,37,38). The van der Waals surface area contributed by atoms with Crippen molar-refractivity contribution in [2.45, 2.75) is 31.0 Å². The fourth-order valence-electron chi connectivity index (χ4n) is 5.55. The highest BCUT2D eigenvalue weighted by Gasteiger charge is 2.60. The number of aliphatic carboxylic acids is 1. The SMILES string of the molecule is CCC(Oc1ccc(C(=N)N)cc1)C(c1cccc(Cl)c1)(C(C(=O)O)N1CCNCC1=O)N1CCNCC1=O. The Morgan fingerprint density at radius 3 is 2.36 bits per heavy atom. The molecule has 2 aliphatic rings. The van der Waals surface area contributed by atoms with Gasteiger partial charge in [-0.2, -0.15) is 0 Å². The fraction of sp³-hybridized carbons (Fsp3) is 0.407. The minimum Gasteiger partial charge on any atom is -0.488 e. The van der Waals surface area contributed by atoms with Gasteiger partial charge < -0.3 is 36.0 Å². The third kappa shape index (κ3) is 5.56. The summed E-state index contributed by atoms with van der Waals surface area (Å²) in [5.41, 5.74) is 4.92. The molecule has 3 atom stereocenters. The van der Waals surface area contributed by atoms with Gasteiger partial charge in [0, 0.05) is 36.8 Å². The Labute approximate surface area is 231 Å². The van der Waals surface area contributed by atoms with E-state index < -0.39 is 23.7 Å². The Balaban J connectivity index is 1.98. The molecule has 6 N–H and O–H groups in total. The van der Waals surface area contributed by atoms with E-state index in [-0.39, 0.29) is 43.8 Å². The van der Waals surface area contributed by atoms with Crippen molar-refractivity contribution in [3.05, 3.63) is 64.7 Å². The minimum atomic E-state index is -1.64. The second-order valence-electron chi connectivity index (χ2n) is 9.52. The molecule has 2 aromatic carbocycles. The number of ether oxygens (including phenoxy) is 1. The van der Waals surface area contributed by atoms with Crippen molar-refractivity contribution in [1.29, 1.82) is 5.41 Å². The van der Waals surface area contributed by atoms with Crippen LogP contribution in [-0.2, 0) is 19.9 Å². The number of carboxylic acid groups (broad SMARTS) is 1. The first-order valence-electron chi connectivity index (χ1n) is 12.8. The van der Waals surface area contributed by atoms with Gasteiger partial charge in [0.2, 0.25) is 11.8 Å². The maximum atomic E-state index is 13.6. The molecule has 3 unspecified atom stereocenters. The molecule has 2 fully saturated rings. The highest BCUT2D eigenvalue weighted by atomic mass is 35.5. The number of carbonyl (C=O) groups is 3. The molecule has 0 radical (unpaired) electrons. The number of hydrogen-bond acceptors (Lipinski definition) is 7. The van der Waals surface area contributed by atoms with E-state index in [1.54, 1.807) is 53.4 Å². The molecule has 0 aromatic heterocycles. The number of nitrogens with two attached hydrogens (primary N) is 1. The molecule has 2 aliphatic heterocycles. The van der Waals surface area contributed by atoms with Gasteiger partial charge in [-0.05, 0) is 48.4 Å². The van der Waals surface area contributed by atoms with Gasteiger partial charge in [0.1, 0.15) is 23.2 Å². The van der Waals surface area contributed by atoms with Crippen molar-refractivity contribution in [3.8, 4) is 5.75 Å². The van der Waals surface area contributed by atoms with E-state index in [1.807, 2.05) is 6.92 Å². The number of nitrogens with zero attached hydrogens (tertiary/aromatic N) is 2. The smallest absolute Gasteiger partial charge is 0.329 e. The van der Waals surface area contributed by atoms with E-state index in [2.05, 4.69) is 10.6 Å². The van der Waals surface area contributed by atoms with Crippen molar-refractivity contribution in [3.63, 3.8) is 0 Å². The van der Waals surface area contributed by atoms with Crippen LogP contribution in [0.4, 0.5) is 0 Å². The zero-order valence-corrected chi connectivity index (χ0v) is 22.4. The lowest BCUT2D eigenvalue weighted by atomic mass is 9.73. The first-order chi connectivity index (χ1) is 18.7. The lowest BCUT2D eigenvalue weighted by Crippen LogP contribution is -2.74. The van der Waals surface area contributed by atoms with Crippen molar-refractivity contribution in [2.24, 2.45) is 5.73 Å². The zero-order chi connectivity index (χ0) is 28.2. The maximum absolute atomic E-state index is 13.6. The van der Waals surface area contributed by atoms with Gasteiger partial charge in [-0.1, -0.05) is 30.7 Å². The summed E-state index contributed by atoms with van der Waals surface area (Å²) < 4.78 is 6.53. The van der Waals surface area contributed by atoms with Crippen LogP contribution >= 0.6 is 11.6 Å². The van der Waals surface area contributed by atoms with E-state index in [0.29, 0.717) is 41.4 Å². The van der Waals surface area contributed by atoms with Crippen LogP contribution < -0.4 is 21.1 Å². The second-order valence-corrected chi connectivity index (χ2v) is 9.95. The average molecular weight is 557 g/mol. The van der Waals surface area contributed by atoms with E-state index in [9.17, 15) is 19.5 Å². The van der Waals surface area contributed by atoms with Crippen LogP contribution in [0.3, 0.4) is 0 Å². The summed E-state index contributed by atoms with van der Waals surface area (Å²) in [5.74, 6) is -1.66. The van der Waals surface area contributed by atoms with Crippen molar-refractivity contribution < 1.29 is 24.2 Å². The molecule has 2 heterocycles. The number of amidine groups is 1. The summed E-state index contributed by atoms with van der Waals surface area (Å²) in [6, 6.07) is 11.8. The predicted octanol–water partition coefficient (Wildman–Crippen LogP) is 0.994. The molecule has 2 saturated heterocycles. The molecule has 2 amide bonds. The Bertz CT molecular complexity index is 1240. The zero-order valence-electron chi connectivity index (χ0n) is 21.7. The van der Waals surface area contributed by atoms with Crippen LogP contribution in [0.5, 0.6) is 5.75 Å². The van der Waals surface area contributed by atoms with Crippen LogP contribution in [0, 0.1) is 5.41 Å². The quantitative estimate of drug-likeness (QED) is 0.214. The van der Waals surface area contributed by atoms with E-state index in [4.69, 9.17) is 27.5 Å². The van der Waals surface area contributed by atoms with Gasteiger partial charge in [0.25, 0.3) is 0 Å². The summed E-state index contributed by atoms with van der Waals surface area (Å²) in [6.07, 6.45) is -0.618. The third-order valence-corrected chi connectivity index (χ3v) is 7.45. The van der Waals surface area contributed by atoms with E-state index in [0.717, 1.165) is 0 Å². The second kappa shape index (κ2) is 12.0. The highest BCUT2D eigenvalue weighted by molar-refractivity contribution is 6.30. The Morgan fingerprint density at radius 1 is 1.13 bits per heavy atom. The molecule has 39 heavy (non-hydrogen) atoms. The molecule has 12 heteroatoms. The Hall–Kier alpha value is -3.67. The number of halogens is 1. The molecule has 11 nitrogen and oxygen atoms in total. The molecular formula is C27H33ClN6O5. The van der Waals surface area contributed by atoms with Gasteiger partial charge in [-0.15, -0.1) is 0 Å². The summed E-state index contributed by atoms with van der Waals surface area (Å²) in [4.78, 5) is 43.0. The predicted molar refractivity (Wildman–Crippen MR) is 146 cm³/mol. The van der Waals surface area contributed by atoms with Crippen molar-refractivity contribution in [2.75, 3.05) is 39.3 Å². The number of benzene rings is 2. The first-order valence-corrected chi connectivity index (χ1v) is 13.2. The largest absolute Gasteiger partial charge is 0.488 e. The Morgan fingerprint density at radius 2 is 1.79 bits per heavy atom. The lowest BCUT2D eigenvalue weighted by Gasteiger charge is -2.55. The summed E-state index contributed by atoms with van der Waals surface area (Å²) >= 11 is 6.45. The third-order valence-electron chi connectivity index (χ3n) is 7.22. The number of piperazine rings is 2. The number of nitrogen functional groups attached to an aromatic ring is 1. The molecule has 2 aromatic rings. The monoisotopic (exact) mass is 556 g/mol. The topological polar surface area (TPSA) is 161 Å². The van der Waals surface area contributed by atoms with Crippen LogP contribution in [0.25, 0.3) is 0 Å². The molecular weight excluding hydrogens is 524 g/mol. The summed E-state index contributed by atoms with van der Waals surface area (Å²) in [6.45, 7) is 3.00. The van der Waals surface area contributed by atoms with Crippen LogP contribution in [-0.4, -0.2) is 89.9 Å². The van der Waals surface area contributed by atoms with E-state index in [1.165, 1.54) is 4.90 Å². The normalized spacial score (nSPS) is 19.2. The number of nitrogens with one attached hydrogen (secondary N) is 3. The van der Waals surface area contributed by atoms with E-state index >= 15 is 0 Å². The van der Waals surface area contributed by atoms with Crippen LogP contribution in [0.2, 0.25) is 5.02 Å². The van der Waals surface area contributed by atoms with Crippen LogP contribution in [0.1, 0.15) is 24.5 Å². The number of amides is 2. The lowest BCUT2D eigenvalue weighted by molar-refractivity contribution is -0.173. The summed E-state index contributed by atoms with van der Waals surface area (Å²) in [5, 5.41) is 24.9. The maximum Gasteiger partial charge on any atom is 0.329 e. The van der Waals surface area contributed by atoms with Gasteiger partial charge in [0.05, 0.1) is 13.1 Å². The molecule has 4 rings (SSSR count). The highest BCUT2D eigenvalue weighted by Crippen LogP contribution is 2.43. The fourth-order valence-corrected chi connectivity index (χ4v) is 5.74.